The summed E-state index contributed by atoms with van der Waals surface area (Å²) in [5, 5.41) is 9.06. The highest BCUT2D eigenvalue weighted by Crippen LogP contribution is 2.36. The Morgan fingerprint density at radius 3 is 2.76 bits per heavy atom. The lowest BCUT2D eigenvalue weighted by Gasteiger charge is -2.15. The van der Waals surface area contributed by atoms with Gasteiger partial charge in [-0.25, -0.2) is 9.78 Å². The van der Waals surface area contributed by atoms with E-state index in [1.165, 1.54) is 6.20 Å². The van der Waals surface area contributed by atoms with Crippen LogP contribution in [-0.4, -0.2) is 28.3 Å². The van der Waals surface area contributed by atoms with Crippen molar-refractivity contribution in [3.63, 3.8) is 0 Å². The van der Waals surface area contributed by atoms with Crippen molar-refractivity contribution in [2.75, 3.05) is 0 Å². The summed E-state index contributed by atoms with van der Waals surface area (Å²) in [7, 11) is 0. The first-order chi connectivity index (χ1) is 8.08. The van der Waals surface area contributed by atoms with Crippen LogP contribution in [0.1, 0.15) is 37.2 Å². The Morgan fingerprint density at radius 2 is 2.24 bits per heavy atom. The molecule has 5 heteroatoms. The third-order valence-electron chi connectivity index (χ3n) is 2.24. The molecule has 92 valence electrons. The number of aromatic nitrogens is 1. The van der Waals surface area contributed by atoms with E-state index in [0.29, 0.717) is 5.75 Å². The molecule has 1 aromatic rings. The molecule has 2 rings (SSSR count). The van der Waals surface area contributed by atoms with Crippen LogP contribution in [0.4, 0.5) is 0 Å². The van der Waals surface area contributed by atoms with Gasteiger partial charge in [-0.05, 0) is 26.7 Å². The normalized spacial score (nSPS) is 14.8. The summed E-state index contributed by atoms with van der Waals surface area (Å²) in [6.45, 7) is 3.75. The zero-order valence-electron chi connectivity index (χ0n) is 9.84. The molecule has 1 N–H and O–H groups in total. The second kappa shape index (κ2) is 4.61. The molecule has 17 heavy (non-hydrogen) atoms. The fourth-order valence-electron chi connectivity index (χ4n) is 1.40. The van der Waals surface area contributed by atoms with Gasteiger partial charge in [0, 0.05) is 12.3 Å². The van der Waals surface area contributed by atoms with Crippen molar-refractivity contribution in [3.8, 4) is 11.5 Å². The van der Waals surface area contributed by atoms with E-state index in [0.717, 1.165) is 12.8 Å². The van der Waals surface area contributed by atoms with E-state index in [1.807, 2.05) is 13.8 Å². The van der Waals surface area contributed by atoms with Crippen LogP contribution in [0.2, 0.25) is 0 Å². The van der Waals surface area contributed by atoms with Gasteiger partial charge in [0.05, 0.1) is 12.2 Å². The van der Waals surface area contributed by atoms with Gasteiger partial charge in [-0.1, -0.05) is 0 Å². The number of ether oxygens (including phenoxy) is 2. The van der Waals surface area contributed by atoms with Gasteiger partial charge in [0.2, 0.25) is 0 Å². The Bertz CT molecular complexity index is 427. The SMILES string of the molecule is CC(C)Oc1ccnc(C(=O)O)c1OC1CC1. The summed E-state index contributed by atoms with van der Waals surface area (Å²) < 4.78 is 11.1. The van der Waals surface area contributed by atoms with Gasteiger partial charge in [0.1, 0.15) is 0 Å². The Balaban J connectivity index is 2.34. The number of carboxylic acid groups (broad SMARTS) is 1. The van der Waals surface area contributed by atoms with Gasteiger partial charge < -0.3 is 14.6 Å². The lowest BCUT2D eigenvalue weighted by molar-refractivity contribution is 0.0683. The third kappa shape index (κ3) is 2.87. The summed E-state index contributed by atoms with van der Waals surface area (Å²) >= 11 is 0. The lowest BCUT2D eigenvalue weighted by atomic mass is 10.3. The maximum Gasteiger partial charge on any atom is 0.358 e. The van der Waals surface area contributed by atoms with Crippen LogP contribution in [0, 0.1) is 0 Å². The second-order valence-electron chi connectivity index (χ2n) is 4.28. The summed E-state index contributed by atoms with van der Waals surface area (Å²) in [4.78, 5) is 14.9. The van der Waals surface area contributed by atoms with E-state index in [1.54, 1.807) is 6.07 Å². The zero-order chi connectivity index (χ0) is 12.4. The quantitative estimate of drug-likeness (QED) is 0.849. The molecule has 0 aliphatic heterocycles. The topological polar surface area (TPSA) is 68.7 Å². The first kappa shape index (κ1) is 11.7. The number of hydrogen-bond acceptors (Lipinski definition) is 4. The minimum atomic E-state index is -1.10. The molecule has 0 saturated heterocycles. The van der Waals surface area contributed by atoms with Crippen molar-refractivity contribution >= 4 is 5.97 Å². The van der Waals surface area contributed by atoms with Crippen LogP contribution >= 0.6 is 0 Å². The third-order valence-corrected chi connectivity index (χ3v) is 2.24. The molecule has 1 aliphatic carbocycles. The van der Waals surface area contributed by atoms with E-state index in [-0.39, 0.29) is 23.7 Å². The van der Waals surface area contributed by atoms with Gasteiger partial charge >= 0.3 is 5.97 Å². The van der Waals surface area contributed by atoms with Crippen LogP contribution in [0.5, 0.6) is 11.5 Å². The molecular weight excluding hydrogens is 222 g/mol. The number of rotatable bonds is 5. The van der Waals surface area contributed by atoms with E-state index in [4.69, 9.17) is 14.6 Å². The molecule has 1 aliphatic rings. The van der Waals surface area contributed by atoms with Crippen LogP contribution in [0.15, 0.2) is 12.3 Å². The average molecular weight is 237 g/mol. The zero-order valence-corrected chi connectivity index (χ0v) is 9.84. The Kier molecular flexibility index (Phi) is 3.17. The lowest BCUT2D eigenvalue weighted by Crippen LogP contribution is -2.12. The monoisotopic (exact) mass is 237 g/mol. The summed E-state index contributed by atoms with van der Waals surface area (Å²) in [6.07, 6.45) is 3.39. The number of hydrogen-bond donors (Lipinski definition) is 1. The van der Waals surface area contributed by atoms with Crippen molar-refractivity contribution in [1.82, 2.24) is 4.98 Å². The number of aromatic carboxylic acids is 1. The van der Waals surface area contributed by atoms with Crippen LogP contribution in [0.25, 0.3) is 0 Å². The first-order valence-electron chi connectivity index (χ1n) is 5.63. The molecule has 0 amide bonds. The summed E-state index contributed by atoms with van der Waals surface area (Å²) in [6, 6.07) is 1.63. The molecule has 0 radical (unpaired) electrons. The van der Waals surface area contributed by atoms with Crippen LogP contribution < -0.4 is 9.47 Å². The number of nitrogens with zero attached hydrogens (tertiary/aromatic N) is 1. The Morgan fingerprint density at radius 1 is 1.53 bits per heavy atom. The second-order valence-corrected chi connectivity index (χ2v) is 4.28. The van der Waals surface area contributed by atoms with Crippen molar-refractivity contribution in [1.29, 1.82) is 0 Å². The fraction of sp³-hybridized carbons (Fsp3) is 0.500. The molecule has 0 unspecified atom stereocenters. The largest absolute Gasteiger partial charge is 0.487 e. The van der Waals surface area contributed by atoms with Crippen LogP contribution in [-0.2, 0) is 0 Å². The maximum absolute atomic E-state index is 11.1. The standard InChI is InChI=1S/C12H15NO4/c1-7(2)16-9-5-6-13-10(12(14)15)11(9)17-8-3-4-8/h5-8H,3-4H2,1-2H3,(H,14,15). The minimum Gasteiger partial charge on any atom is -0.487 e. The number of carboxylic acids is 1. The van der Waals surface area contributed by atoms with Gasteiger partial charge in [0.15, 0.2) is 17.2 Å². The molecular formula is C12H15NO4. The highest BCUT2D eigenvalue weighted by atomic mass is 16.5. The Labute approximate surface area is 99.4 Å². The van der Waals surface area contributed by atoms with Gasteiger partial charge in [0.25, 0.3) is 0 Å². The average Bonchev–Trinajstić information content (AvgIpc) is 3.03. The molecule has 1 saturated carbocycles. The van der Waals surface area contributed by atoms with E-state index < -0.39 is 5.97 Å². The van der Waals surface area contributed by atoms with E-state index in [2.05, 4.69) is 4.98 Å². The molecule has 1 heterocycles. The molecule has 1 aromatic heterocycles. The maximum atomic E-state index is 11.1. The van der Waals surface area contributed by atoms with Crippen molar-refractivity contribution in [2.24, 2.45) is 0 Å². The summed E-state index contributed by atoms with van der Waals surface area (Å²) in [5.41, 5.74) is -0.0879. The highest BCUT2D eigenvalue weighted by Gasteiger charge is 2.28. The number of pyridine rings is 1. The molecule has 1 fully saturated rings. The molecule has 0 spiro atoms. The fourth-order valence-corrected chi connectivity index (χ4v) is 1.40. The molecule has 5 nitrogen and oxygen atoms in total. The predicted octanol–water partition coefficient (Wildman–Crippen LogP) is 2.11. The van der Waals surface area contributed by atoms with Crippen molar-refractivity contribution < 1.29 is 19.4 Å². The van der Waals surface area contributed by atoms with Gasteiger partial charge in [-0.15, -0.1) is 0 Å². The molecule has 0 aromatic carbocycles. The molecule has 0 bridgehead atoms. The van der Waals surface area contributed by atoms with Crippen molar-refractivity contribution in [3.05, 3.63) is 18.0 Å². The van der Waals surface area contributed by atoms with Gasteiger partial charge in [-0.3, -0.25) is 0 Å². The van der Waals surface area contributed by atoms with E-state index >= 15 is 0 Å². The van der Waals surface area contributed by atoms with Crippen LogP contribution in [0.3, 0.4) is 0 Å². The highest BCUT2D eigenvalue weighted by molar-refractivity contribution is 5.89. The predicted molar refractivity (Wildman–Crippen MR) is 60.6 cm³/mol. The number of carbonyl (C=O) groups is 1. The summed E-state index contributed by atoms with van der Waals surface area (Å²) in [5.74, 6) is -0.412. The smallest absolute Gasteiger partial charge is 0.358 e. The van der Waals surface area contributed by atoms with Crippen molar-refractivity contribution in [2.45, 2.75) is 38.9 Å². The Hall–Kier alpha value is -1.78. The van der Waals surface area contributed by atoms with E-state index in [9.17, 15) is 4.79 Å². The first-order valence-corrected chi connectivity index (χ1v) is 5.63. The molecule has 0 atom stereocenters. The van der Waals surface area contributed by atoms with Gasteiger partial charge in [-0.2, -0.15) is 0 Å². The minimum absolute atomic E-state index is 0.0411.